The molecule has 0 saturated heterocycles. The molecule has 1 unspecified atom stereocenters. The monoisotopic (exact) mass is 246 g/mol. The number of benzene rings is 1. The van der Waals surface area contributed by atoms with Gasteiger partial charge in [-0.05, 0) is 36.6 Å². The molecular weight excluding hydrogens is 228 g/mol. The summed E-state index contributed by atoms with van der Waals surface area (Å²) < 4.78 is 10.7. The van der Waals surface area contributed by atoms with Crippen molar-refractivity contribution in [2.75, 3.05) is 6.61 Å². The number of nitrogens with two attached hydrogens (primary N) is 1. The van der Waals surface area contributed by atoms with Gasteiger partial charge < -0.3 is 9.15 Å². The highest BCUT2D eigenvalue weighted by Gasteiger charge is 2.08. The van der Waals surface area contributed by atoms with E-state index in [4.69, 9.17) is 15.0 Å². The summed E-state index contributed by atoms with van der Waals surface area (Å²) >= 11 is 0. The summed E-state index contributed by atoms with van der Waals surface area (Å²) in [5.74, 6) is 6.42. The van der Waals surface area contributed by atoms with Crippen LogP contribution in [0, 0.1) is 0 Å². The van der Waals surface area contributed by atoms with Crippen LogP contribution in [0.15, 0.2) is 53.3 Å². The average Bonchev–Trinajstić information content (AvgIpc) is 2.92. The third-order valence-electron chi connectivity index (χ3n) is 2.78. The van der Waals surface area contributed by atoms with Crippen LogP contribution in [0.2, 0.25) is 0 Å². The first kappa shape index (κ1) is 12.7. The molecule has 0 aliphatic carbocycles. The highest BCUT2D eigenvalue weighted by Crippen LogP contribution is 2.10. The fraction of sp³-hybridized carbons (Fsp3) is 0.286. The van der Waals surface area contributed by atoms with Crippen LogP contribution >= 0.6 is 0 Å². The molecule has 0 saturated carbocycles. The Labute approximate surface area is 107 Å². The molecule has 1 aromatic heterocycles. The van der Waals surface area contributed by atoms with Crippen molar-refractivity contribution in [3.05, 3.63) is 54.5 Å². The molecule has 0 radical (unpaired) electrons. The van der Waals surface area contributed by atoms with Crippen LogP contribution in [0.4, 0.5) is 0 Å². The molecule has 0 aliphatic heterocycles. The number of hydrogen-bond acceptors (Lipinski definition) is 4. The van der Waals surface area contributed by atoms with Crippen LogP contribution in [0.25, 0.3) is 0 Å². The minimum Gasteiger partial charge on any atom is -0.494 e. The van der Waals surface area contributed by atoms with Crippen LogP contribution < -0.4 is 16.0 Å². The van der Waals surface area contributed by atoms with E-state index in [-0.39, 0.29) is 6.04 Å². The lowest BCUT2D eigenvalue weighted by Gasteiger charge is -2.15. The van der Waals surface area contributed by atoms with Crippen LogP contribution in [0.3, 0.4) is 0 Å². The van der Waals surface area contributed by atoms with E-state index < -0.39 is 0 Å². The van der Waals surface area contributed by atoms with Crippen LogP contribution in [-0.4, -0.2) is 12.6 Å². The zero-order valence-electron chi connectivity index (χ0n) is 10.2. The predicted molar refractivity (Wildman–Crippen MR) is 70.1 cm³/mol. The van der Waals surface area contributed by atoms with E-state index in [2.05, 4.69) is 5.43 Å². The number of para-hydroxylation sites is 1. The first-order chi connectivity index (χ1) is 8.88. The van der Waals surface area contributed by atoms with Gasteiger partial charge in [0.25, 0.3) is 0 Å². The summed E-state index contributed by atoms with van der Waals surface area (Å²) in [6.07, 6.45) is 5.09. The zero-order chi connectivity index (χ0) is 12.6. The largest absolute Gasteiger partial charge is 0.494 e. The van der Waals surface area contributed by atoms with Gasteiger partial charge in [-0.25, -0.2) is 0 Å². The highest BCUT2D eigenvalue weighted by molar-refractivity contribution is 5.20. The lowest BCUT2D eigenvalue weighted by Crippen LogP contribution is -2.37. The molecule has 4 nitrogen and oxygen atoms in total. The number of rotatable bonds is 7. The minimum absolute atomic E-state index is 0.186. The lowest BCUT2D eigenvalue weighted by molar-refractivity contribution is 0.285. The maximum absolute atomic E-state index is 5.64. The van der Waals surface area contributed by atoms with E-state index in [1.807, 2.05) is 36.4 Å². The summed E-state index contributed by atoms with van der Waals surface area (Å²) in [5.41, 5.74) is 3.94. The van der Waals surface area contributed by atoms with Gasteiger partial charge in [-0.1, -0.05) is 18.2 Å². The van der Waals surface area contributed by atoms with E-state index in [0.29, 0.717) is 6.61 Å². The number of furan rings is 1. The van der Waals surface area contributed by atoms with Crippen LogP contribution in [-0.2, 0) is 6.42 Å². The molecule has 18 heavy (non-hydrogen) atoms. The van der Waals surface area contributed by atoms with E-state index in [0.717, 1.165) is 24.2 Å². The van der Waals surface area contributed by atoms with E-state index in [1.54, 1.807) is 12.5 Å². The number of nitrogens with one attached hydrogen (secondary N) is 1. The van der Waals surface area contributed by atoms with Gasteiger partial charge in [0.2, 0.25) is 0 Å². The Hall–Kier alpha value is -1.78. The topological polar surface area (TPSA) is 60.4 Å². The van der Waals surface area contributed by atoms with Crippen molar-refractivity contribution >= 4 is 0 Å². The molecule has 1 heterocycles. The first-order valence-corrected chi connectivity index (χ1v) is 6.03. The predicted octanol–water partition coefficient (Wildman–Crippen LogP) is 2.12. The summed E-state index contributed by atoms with van der Waals surface area (Å²) in [6, 6.07) is 11.9. The van der Waals surface area contributed by atoms with Gasteiger partial charge in [0, 0.05) is 6.04 Å². The molecule has 0 bridgehead atoms. The van der Waals surface area contributed by atoms with Crippen LogP contribution in [0.1, 0.15) is 12.0 Å². The van der Waals surface area contributed by atoms with E-state index >= 15 is 0 Å². The molecule has 0 fully saturated rings. The smallest absolute Gasteiger partial charge is 0.119 e. The second kappa shape index (κ2) is 6.83. The Morgan fingerprint density at radius 3 is 2.72 bits per heavy atom. The van der Waals surface area contributed by atoms with Crippen molar-refractivity contribution < 1.29 is 9.15 Å². The second-order valence-electron chi connectivity index (χ2n) is 4.15. The van der Waals surface area contributed by atoms with Gasteiger partial charge in [0.15, 0.2) is 0 Å². The Kier molecular flexibility index (Phi) is 4.81. The highest BCUT2D eigenvalue weighted by atomic mass is 16.5. The summed E-state index contributed by atoms with van der Waals surface area (Å²) in [7, 11) is 0. The van der Waals surface area contributed by atoms with Gasteiger partial charge in [0.05, 0.1) is 19.1 Å². The third-order valence-corrected chi connectivity index (χ3v) is 2.78. The SMILES string of the molecule is NNC(CCOc1ccccc1)Cc1ccoc1. The maximum Gasteiger partial charge on any atom is 0.119 e. The molecular formula is C14H18N2O2. The van der Waals surface area contributed by atoms with E-state index in [9.17, 15) is 0 Å². The van der Waals surface area contributed by atoms with Gasteiger partial charge in [-0.15, -0.1) is 0 Å². The summed E-state index contributed by atoms with van der Waals surface area (Å²) in [6.45, 7) is 0.636. The molecule has 1 atom stereocenters. The van der Waals surface area contributed by atoms with Gasteiger partial charge in [-0.2, -0.15) is 0 Å². The molecule has 0 aliphatic rings. The van der Waals surface area contributed by atoms with Crippen molar-refractivity contribution in [3.63, 3.8) is 0 Å². The molecule has 0 spiro atoms. The summed E-state index contributed by atoms with van der Waals surface area (Å²) in [5, 5.41) is 0. The Morgan fingerprint density at radius 1 is 1.22 bits per heavy atom. The van der Waals surface area contributed by atoms with E-state index in [1.165, 1.54) is 0 Å². The molecule has 0 amide bonds. The van der Waals surface area contributed by atoms with Gasteiger partial charge in [0.1, 0.15) is 5.75 Å². The first-order valence-electron chi connectivity index (χ1n) is 6.03. The Balaban J connectivity index is 1.74. The quantitative estimate of drug-likeness (QED) is 0.580. The van der Waals surface area contributed by atoms with Crippen molar-refractivity contribution in [2.24, 2.45) is 5.84 Å². The van der Waals surface area contributed by atoms with Gasteiger partial charge in [-0.3, -0.25) is 11.3 Å². The maximum atomic E-state index is 5.64. The fourth-order valence-corrected chi connectivity index (χ4v) is 1.77. The normalized spacial score (nSPS) is 12.3. The molecule has 96 valence electrons. The lowest BCUT2D eigenvalue weighted by atomic mass is 10.1. The molecule has 4 heteroatoms. The Bertz CT molecular complexity index is 428. The summed E-state index contributed by atoms with van der Waals surface area (Å²) in [4.78, 5) is 0. The Morgan fingerprint density at radius 2 is 2.06 bits per heavy atom. The number of hydrogen-bond donors (Lipinski definition) is 2. The zero-order valence-corrected chi connectivity index (χ0v) is 10.2. The minimum atomic E-state index is 0.186. The molecule has 3 N–H and O–H groups in total. The van der Waals surface area contributed by atoms with Crippen molar-refractivity contribution in [1.82, 2.24) is 5.43 Å². The van der Waals surface area contributed by atoms with Crippen molar-refractivity contribution in [1.29, 1.82) is 0 Å². The standard InChI is InChI=1S/C14H18N2O2/c15-16-13(10-12-6-8-17-11-12)7-9-18-14-4-2-1-3-5-14/h1-6,8,11,13,16H,7,9-10,15H2. The second-order valence-corrected chi connectivity index (χ2v) is 4.15. The third kappa shape index (κ3) is 3.91. The van der Waals surface area contributed by atoms with Crippen molar-refractivity contribution in [3.8, 4) is 5.75 Å². The van der Waals surface area contributed by atoms with Crippen LogP contribution in [0.5, 0.6) is 5.75 Å². The van der Waals surface area contributed by atoms with Crippen molar-refractivity contribution in [2.45, 2.75) is 18.9 Å². The number of hydrazine groups is 1. The fourth-order valence-electron chi connectivity index (χ4n) is 1.77. The van der Waals surface area contributed by atoms with Gasteiger partial charge >= 0.3 is 0 Å². The molecule has 1 aromatic carbocycles. The molecule has 2 rings (SSSR count). The molecule has 2 aromatic rings. The average molecular weight is 246 g/mol. The number of ether oxygens (including phenoxy) is 1.